The summed E-state index contributed by atoms with van der Waals surface area (Å²) in [5, 5.41) is 0. The monoisotopic (exact) mass is 343 g/mol. The highest BCUT2D eigenvalue weighted by molar-refractivity contribution is 6.60. The maximum Gasteiger partial charge on any atom is 0.182 e. The van der Waals surface area contributed by atoms with Gasteiger partial charge in [0.15, 0.2) is 7.28 Å². The van der Waals surface area contributed by atoms with Crippen LogP contribution in [0.2, 0.25) is 0 Å². The molecular formula is C25H32B. The van der Waals surface area contributed by atoms with E-state index in [9.17, 15) is 0 Å². The molecule has 2 aromatic rings. The number of rotatable bonds is 7. The summed E-state index contributed by atoms with van der Waals surface area (Å²) in [6, 6.07) is 13.3. The molecule has 0 spiro atoms. The Morgan fingerprint density at radius 2 is 1.27 bits per heavy atom. The van der Waals surface area contributed by atoms with Crippen LogP contribution >= 0.6 is 0 Å². The molecule has 0 fully saturated rings. The van der Waals surface area contributed by atoms with Gasteiger partial charge in [0, 0.05) is 0 Å². The molecule has 0 bridgehead atoms. The van der Waals surface area contributed by atoms with Gasteiger partial charge in [0.2, 0.25) is 0 Å². The molecular weight excluding hydrogens is 311 g/mol. The van der Waals surface area contributed by atoms with E-state index in [2.05, 4.69) is 104 Å². The highest BCUT2D eigenvalue weighted by Crippen LogP contribution is 2.25. The van der Waals surface area contributed by atoms with Gasteiger partial charge in [-0.1, -0.05) is 113 Å². The van der Waals surface area contributed by atoms with Gasteiger partial charge in [-0.05, 0) is 34.4 Å². The first-order valence-corrected chi connectivity index (χ1v) is 9.75. The third-order valence-electron chi connectivity index (χ3n) is 4.90. The van der Waals surface area contributed by atoms with E-state index in [0.29, 0.717) is 17.8 Å². The molecule has 1 heteroatoms. The van der Waals surface area contributed by atoms with E-state index in [4.69, 9.17) is 0 Å². The summed E-state index contributed by atoms with van der Waals surface area (Å²) in [6.45, 7) is 17.5. The minimum absolute atomic E-state index is 0.512. The van der Waals surface area contributed by atoms with Crippen LogP contribution < -0.4 is 5.46 Å². The van der Waals surface area contributed by atoms with Gasteiger partial charge in [-0.15, -0.1) is 5.98 Å². The predicted octanol–water partition coefficient (Wildman–Crippen LogP) is 6.70. The smallest absolute Gasteiger partial charge is 0.116 e. The minimum atomic E-state index is 0.512. The molecule has 0 heterocycles. The van der Waals surface area contributed by atoms with E-state index in [1.54, 1.807) is 0 Å². The van der Waals surface area contributed by atoms with E-state index >= 15 is 0 Å². The third kappa shape index (κ3) is 5.00. The quantitative estimate of drug-likeness (QED) is 0.491. The average Bonchev–Trinajstić information content (AvgIpc) is 2.61. The first kappa shape index (κ1) is 20.3. The van der Waals surface area contributed by atoms with Crippen LogP contribution in [0.3, 0.4) is 0 Å². The first-order chi connectivity index (χ1) is 12.3. The van der Waals surface area contributed by atoms with E-state index in [1.807, 2.05) is 6.08 Å². The van der Waals surface area contributed by atoms with Gasteiger partial charge in [-0.25, -0.2) is 0 Å². The van der Waals surface area contributed by atoms with Gasteiger partial charge < -0.3 is 0 Å². The molecule has 26 heavy (non-hydrogen) atoms. The second-order valence-electron chi connectivity index (χ2n) is 7.97. The van der Waals surface area contributed by atoms with Crippen molar-refractivity contribution < 1.29 is 0 Å². The fourth-order valence-corrected chi connectivity index (χ4v) is 3.20. The Hall–Kier alpha value is -2.02. The van der Waals surface area contributed by atoms with Gasteiger partial charge in [0.25, 0.3) is 0 Å². The molecule has 0 atom stereocenters. The SMILES string of the molecule is C=Cc1ccc(/C=C/[B]c2c(C(C)C)cc(C(C)C)cc2C(C)C)cc1. The Bertz CT molecular complexity index is 732. The summed E-state index contributed by atoms with van der Waals surface area (Å²) in [5.41, 5.74) is 8.09. The number of hydrogen-bond donors (Lipinski definition) is 0. The minimum Gasteiger partial charge on any atom is -0.116 e. The lowest BCUT2D eigenvalue weighted by Gasteiger charge is -2.22. The summed E-state index contributed by atoms with van der Waals surface area (Å²) < 4.78 is 0. The fourth-order valence-electron chi connectivity index (χ4n) is 3.20. The van der Waals surface area contributed by atoms with Crippen LogP contribution in [0.1, 0.15) is 87.1 Å². The molecule has 0 nitrogen and oxygen atoms in total. The zero-order valence-electron chi connectivity index (χ0n) is 17.2. The van der Waals surface area contributed by atoms with Crippen LogP contribution in [-0.2, 0) is 0 Å². The summed E-state index contributed by atoms with van der Waals surface area (Å²) in [4.78, 5) is 0. The van der Waals surface area contributed by atoms with Crippen LogP contribution in [0.25, 0.3) is 12.2 Å². The molecule has 2 aromatic carbocycles. The van der Waals surface area contributed by atoms with Crippen molar-refractivity contribution in [2.45, 2.75) is 59.3 Å². The topological polar surface area (TPSA) is 0 Å². The summed E-state index contributed by atoms with van der Waals surface area (Å²) in [7, 11) is 2.29. The van der Waals surface area contributed by atoms with Crippen molar-refractivity contribution in [2.75, 3.05) is 0 Å². The van der Waals surface area contributed by atoms with Crippen molar-refractivity contribution >= 4 is 24.9 Å². The summed E-state index contributed by atoms with van der Waals surface area (Å²) >= 11 is 0. The Balaban J connectivity index is 2.36. The lowest BCUT2D eigenvalue weighted by atomic mass is 9.62. The molecule has 2 rings (SSSR count). The van der Waals surface area contributed by atoms with Crippen molar-refractivity contribution in [3.8, 4) is 0 Å². The second kappa shape index (κ2) is 9.08. The molecule has 0 aliphatic carbocycles. The molecule has 0 saturated heterocycles. The summed E-state index contributed by atoms with van der Waals surface area (Å²) in [5.74, 6) is 3.76. The maximum absolute atomic E-state index is 3.81. The van der Waals surface area contributed by atoms with Crippen molar-refractivity contribution in [3.05, 3.63) is 76.8 Å². The number of hydrogen-bond acceptors (Lipinski definition) is 0. The lowest BCUT2D eigenvalue weighted by Crippen LogP contribution is -2.25. The molecule has 0 saturated carbocycles. The average molecular weight is 343 g/mol. The van der Waals surface area contributed by atoms with Gasteiger partial charge >= 0.3 is 0 Å². The highest BCUT2D eigenvalue weighted by Gasteiger charge is 2.16. The van der Waals surface area contributed by atoms with Crippen molar-refractivity contribution in [3.63, 3.8) is 0 Å². The first-order valence-electron chi connectivity index (χ1n) is 9.75. The lowest BCUT2D eigenvalue weighted by molar-refractivity contribution is 0.813. The Kier molecular flexibility index (Phi) is 7.09. The zero-order chi connectivity index (χ0) is 19.3. The van der Waals surface area contributed by atoms with Crippen molar-refractivity contribution in [2.24, 2.45) is 0 Å². The van der Waals surface area contributed by atoms with Crippen molar-refractivity contribution in [1.29, 1.82) is 0 Å². The molecule has 135 valence electrons. The molecule has 0 aliphatic heterocycles. The van der Waals surface area contributed by atoms with Crippen LogP contribution in [0.15, 0.2) is 49.0 Å². The van der Waals surface area contributed by atoms with E-state index < -0.39 is 0 Å². The summed E-state index contributed by atoms with van der Waals surface area (Å²) in [6.07, 6.45) is 4.05. The Morgan fingerprint density at radius 3 is 1.69 bits per heavy atom. The van der Waals surface area contributed by atoms with Gasteiger partial charge in [0.1, 0.15) is 0 Å². The largest absolute Gasteiger partial charge is 0.182 e. The Morgan fingerprint density at radius 1 is 0.769 bits per heavy atom. The van der Waals surface area contributed by atoms with Gasteiger partial charge in [0.05, 0.1) is 0 Å². The normalized spacial score (nSPS) is 11.7. The second-order valence-corrected chi connectivity index (χ2v) is 7.97. The highest BCUT2D eigenvalue weighted by atomic mass is 14.2. The predicted molar refractivity (Wildman–Crippen MR) is 120 cm³/mol. The van der Waals surface area contributed by atoms with E-state index in [0.717, 1.165) is 5.56 Å². The molecule has 0 unspecified atom stereocenters. The molecule has 0 aliphatic rings. The Labute approximate surface area is 161 Å². The van der Waals surface area contributed by atoms with Crippen LogP contribution in [0.4, 0.5) is 0 Å². The maximum atomic E-state index is 3.81. The van der Waals surface area contributed by atoms with E-state index in [1.165, 1.54) is 27.7 Å². The zero-order valence-corrected chi connectivity index (χ0v) is 17.2. The van der Waals surface area contributed by atoms with Gasteiger partial charge in [-0.3, -0.25) is 0 Å². The molecule has 0 aromatic heterocycles. The fraction of sp³-hybridized carbons (Fsp3) is 0.360. The van der Waals surface area contributed by atoms with Crippen LogP contribution in [0, 0.1) is 0 Å². The third-order valence-corrected chi connectivity index (χ3v) is 4.90. The number of benzene rings is 2. The standard InChI is InChI=1S/C25H32B/c1-8-20-9-11-21(12-10-20)13-14-26-25-23(18(4)5)15-22(17(2)3)16-24(25)19(6)7/h8-19H,1H2,2-7H3/b14-13+. The van der Waals surface area contributed by atoms with Crippen LogP contribution in [0.5, 0.6) is 0 Å². The molecule has 0 amide bonds. The molecule has 0 N–H and O–H groups in total. The van der Waals surface area contributed by atoms with E-state index in [-0.39, 0.29) is 0 Å². The van der Waals surface area contributed by atoms with Crippen LogP contribution in [-0.4, -0.2) is 7.28 Å². The van der Waals surface area contributed by atoms with Crippen molar-refractivity contribution in [1.82, 2.24) is 0 Å². The molecule has 1 radical (unpaired) electrons. The van der Waals surface area contributed by atoms with Gasteiger partial charge in [-0.2, -0.15) is 0 Å².